The van der Waals surface area contributed by atoms with E-state index in [1.807, 2.05) is 27.7 Å². The first-order chi connectivity index (χ1) is 14.3. The van der Waals surface area contributed by atoms with Gasteiger partial charge in [-0.1, -0.05) is 24.2 Å². The van der Waals surface area contributed by atoms with Crippen LogP contribution in [0.15, 0.2) is 21.3 Å². The van der Waals surface area contributed by atoms with Crippen molar-refractivity contribution in [2.75, 3.05) is 26.2 Å². The van der Waals surface area contributed by atoms with Gasteiger partial charge in [0.1, 0.15) is 5.76 Å². The number of carbonyl (C=O) groups excluding carboxylic acids is 2. The van der Waals surface area contributed by atoms with Gasteiger partial charge in [0, 0.05) is 37.9 Å². The van der Waals surface area contributed by atoms with Gasteiger partial charge >= 0.3 is 0 Å². The van der Waals surface area contributed by atoms with E-state index in [0.717, 1.165) is 22.3 Å². The largest absolute Gasteiger partial charge is 0.361 e. The molecule has 1 fully saturated rings. The van der Waals surface area contributed by atoms with Crippen LogP contribution in [-0.2, 0) is 11.2 Å². The Kier molecular flexibility index (Phi) is 5.27. The monoisotopic (exact) mass is 411 g/mol. The second-order valence-electron chi connectivity index (χ2n) is 7.95. The van der Waals surface area contributed by atoms with E-state index in [2.05, 4.69) is 15.3 Å². The first-order valence-electron chi connectivity index (χ1n) is 10.1. The zero-order chi connectivity index (χ0) is 21.4. The van der Waals surface area contributed by atoms with Crippen LogP contribution in [0.4, 0.5) is 0 Å². The summed E-state index contributed by atoms with van der Waals surface area (Å²) >= 11 is 0. The Morgan fingerprint density at radius 1 is 1.07 bits per heavy atom. The second-order valence-corrected chi connectivity index (χ2v) is 7.95. The number of piperazine rings is 1. The Hall–Kier alpha value is -3.23. The van der Waals surface area contributed by atoms with Crippen LogP contribution in [-0.4, -0.2) is 63.1 Å². The van der Waals surface area contributed by atoms with Crippen LogP contribution in [0, 0.1) is 13.8 Å². The molecule has 4 rings (SSSR count). The molecule has 4 heterocycles. The number of fused-ring (bicyclic) bond motifs is 1. The SMILES string of the molecule is Cc1noc(C)c1CC(=O)N1CCN(C(=O)c2cnc3onc(C(C)C)c3c2)CC1. The summed E-state index contributed by atoms with van der Waals surface area (Å²) in [7, 11) is 0. The maximum Gasteiger partial charge on any atom is 0.257 e. The first kappa shape index (κ1) is 20.1. The minimum atomic E-state index is -0.0990. The molecular weight excluding hydrogens is 386 g/mol. The highest BCUT2D eigenvalue weighted by Gasteiger charge is 2.27. The van der Waals surface area contributed by atoms with Crippen molar-refractivity contribution >= 4 is 22.9 Å². The van der Waals surface area contributed by atoms with Crippen LogP contribution in [0.5, 0.6) is 0 Å². The third-order valence-electron chi connectivity index (χ3n) is 5.58. The third kappa shape index (κ3) is 3.67. The lowest BCUT2D eigenvalue weighted by Gasteiger charge is -2.34. The number of rotatable bonds is 4. The average Bonchev–Trinajstić information content (AvgIpc) is 3.31. The molecule has 158 valence electrons. The minimum absolute atomic E-state index is 0.0191. The second kappa shape index (κ2) is 7.89. The number of amides is 2. The smallest absolute Gasteiger partial charge is 0.257 e. The number of aryl methyl sites for hydroxylation is 2. The summed E-state index contributed by atoms with van der Waals surface area (Å²) in [4.78, 5) is 33.4. The molecule has 1 aliphatic rings. The molecule has 1 saturated heterocycles. The van der Waals surface area contributed by atoms with Crippen molar-refractivity contribution in [3.63, 3.8) is 0 Å². The van der Waals surface area contributed by atoms with Crippen LogP contribution in [0.3, 0.4) is 0 Å². The molecule has 1 aliphatic heterocycles. The van der Waals surface area contributed by atoms with Crippen LogP contribution >= 0.6 is 0 Å². The zero-order valence-electron chi connectivity index (χ0n) is 17.6. The summed E-state index contributed by atoms with van der Waals surface area (Å²) in [6, 6.07) is 1.80. The van der Waals surface area contributed by atoms with Crippen molar-refractivity contribution in [1.29, 1.82) is 0 Å². The molecule has 0 radical (unpaired) electrons. The third-order valence-corrected chi connectivity index (χ3v) is 5.58. The van der Waals surface area contributed by atoms with Gasteiger partial charge in [0.15, 0.2) is 0 Å². The molecule has 0 aliphatic carbocycles. The Morgan fingerprint density at radius 3 is 2.40 bits per heavy atom. The summed E-state index contributed by atoms with van der Waals surface area (Å²) in [6.07, 6.45) is 1.79. The maximum absolute atomic E-state index is 13.0. The van der Waals surface area contributed by atoms with Crippen LogP contribution < -0.4 is 0 Å². The average molecular weight is 411 g/mol. The van der Waals surface area contributed by atoms with Crippen molar-refractivity contribution in [3.8, 4) is 0 Å². The predicted octanol–water partition coefficient (Wildman–Crippen LogP) is 2.48. The molecule has 9 nitrogen and oxygen atoms in total. The van der Waals surface area contributed by atoms with E-state index < -0.39 is 0 Å². The normalized spacial score (nSPS) is 14.7. The molecule has 0 N–H and O–H groups in total. The molecule has 0 saturated carbocycles. The molecule has 30 heavy (non-hydrogen) atoms. The van der Waals surface area contributed by atoms with E-state index in [1.54, 1.807) is 15.9 Å². The fourth-order valence-electron chi connectivity index (χ4n) is 3.74. The number of hydrogen-bond donors (Lipinski definition) is 0. The van der Waals surface area contributed by atoms with Crippen molar-refractivity contribution in [1.82, 2.24) is 25.1 Å². The van der Waals surface area contributed by atoms with Gasteiger partial charge in [0.2, 0.25) is 5.91 Å². The molecule has 9 heteroatoms. The van der Waals surface area contributed by atoms with Crippen LogP contribution in [0.2, 0.25) is 0 Å². The quantitative estimate of drug-likeness (QED) is 0.649. The summed E-state index contributed by atoms with van der Waals surface area (Å²) in [6.45, 7) is 9.62. The van der Waals surface area contributed by atoms with Gasteiger partial charge in [-0.15, -0.1) is 0 Å². The fraction of sp³-hybridized carbons (Fsp3) is 0.476. The van der Waals surface area contributed by atoms with Crippen molar-refractivity contribution in [3.05, 3.63) is 40.5 Å². The Labute approximate surface area is 174 Å². The minimum Gasteiger partial charge on any atom is -0.361 e. The Bertz CT molecular complexity index is 1070. The van der Waals surface area contributed by atoms with Gasteiger partial charge in [-0.2, -0.15) is 0 Å². The van der Waals surface area contributed by atoms with Gasteiger partial charge in [-0.3, -0.25) is 9.59 Å². The first-order valence-corrected chi connectivity index (χ1v) is 10.1. The summed E-state index contributed by atoms with van der Waals surface area (Å²) in [5.74, 6) is 0.765. The maximum atomic E-state index is 13.0. The van der Waals surface area contributed by atoms with Gasteiger partial charge in [-0.05, 0) is 25.8 Å². The number of pyridine rings is 1. The van der Waals surface area contributed by atoms with Gasteiger partial charge in [0.25, 0.3) is 11.6 Å². The van der Waals surface area contributed by atoms with Crippen LogP contribution in [0.25, 0.3) is 11.1 Å². The highest BCUT2D eigenvalue weighted by molar-refractivity contribution is 5.97. The van der Waals surface area contributed by atoms with Crippen molar-refractivity contribution in [2.24, 2.45) is 0 Å². The lowest BCUT2D eigenvalue weighted by molar-refractivity contribution is -0.131. The van der Waals surface area contributed by atoms with E-state index in [-0.39, 0.29) is 24.2 Å². The molecule has 0 atom stereocenters. The van der Waals surface area contributed by atoms with Crippen molar-refractivity contribution in [2.45, 2.75) is 40.0 Å². The molecule has 2 amide bonds. The standard InChI is InChI=1S/C21H25N5O4/c1-12(2)19-17-9-15(11-22-20(17)30-24-19)21(28)26-7-5-25(6-8-26)18(27)10-16-13(3)23-29-14(16)4/h9,11-12H,5-8,10H2,1-4H3. The molecule has 0 spiro atoms. The molecule has 0 unspecified atom stereocenters. The van der Waals surface area contributed by atoms with Crippen molar-refractivity contribution < 1.29 is 18.6 Å². The summed E-state index contributed by atoms with van der Waals surface area (Å²) < 4.78 is 10.4. The number of nitrogens with zero attached hydrogens (tertiary/aromatic N) is 5. The molecule has 3 aromatic rings. The lowest BCUT2D eigenvalue weighted by atomic mass is 10.1. The highest BCUT2D eigenvalue weighted by Crippen LogP contribution is 2.24. The lowest BCUT2D eigenvalue weighted by Crippen LogP contribution is -2.51. The van der Waals surface area contributed by atoms with Crippen LogP contribution in [0.1, 0.15) is 52.8 Å². The van der Waals surface area contributed by atoms with E-state index in [9.17, 15) is 9.59 Å². The van der Waals surface area contributed by atoms with Gasteiger partial charge in [-0.25, -0.2) is 4.98 Å². The number of carbonyl (C=O) groups is 2. The molecule has 0 bridgehead atoms. The van der Waals surface area contributed by atoms with Gasteiger partial charge < -0.3 is 18.8 Å². The Balaban J connectivity index is 1.41. The van der Waals surface area contributed by atoms with E-state index >= 15 is 0 Å². The van der Waals surface area contributed by atoms with Gasteiger partial charge in [0.05, 0.1) is 28.8 Å². The summed E-state index contributed by atoms with van der Waals surface area (Å²) in [5.41, 5.74) is 3.31. The Morgan fingerprint density at radius 2 is 1.77 bits per heavy atom. The molecule has 3 aromatic heterocycles. The highest BCUT2D eigenvalue weighted by atomic mass is 16.5. The number of aromatic nitrogens is 3. The van der Waals surface area contributed by atoms with E-state index in [4.69, 9.17) is 9.05 Å². The fourth-order valence-corrected chi connectivity index (χ4v) is 3.74. The zero-order valence-corrected chi connectivity index (χ0v) is 17.6. The molecule has 0 aromatic carbocycles. The van der Waals surface area contributed by atoms with E-state index in [0.29, 0.717) is 43.2 Å². The molecular formula is C21H25N5O4. The number of hydrogen-bond acceptors (Lipinski definition) is 7. The summed E-state index contributed by atoms with van der Waals surface area (Å²) in [5, 5.41) is 8.73. The topological polar surface area (TPSA) is 106 Å². The predicted molar refractivity (Wildman–Crippen MR) is 108 cm³/mol. The van der Waals surface area contributed by atoms with E-state index in [1.165, 1.54) is 6.20 Å².